The van der Waals surface area contributed by atoms with Gasteiger partial charge in [-0.25, -0.2) is 0 Å². The quantitative estimate of drug-likeness (QED) is 0.0491. The number of thioether (sulfide) groups is 1. The second kappa shape index (κ2) is 41.4. The lowest BCUT2D eigenvalue weighted by atomic mass is 10.0. The number of hydrogen-bond acceptors (Lipinski definition) is 7. The van der Waals surface area contributed by atoms with Crippen LogP contribution in [0.15, 0.2) is 0 Å². The smallest absolute Gasteiger partial charge is 0.309 e. The highest BCUT2D eigenvalue weighted by Gasteiger charge is 2.15. The molecule has 1 N–H and O–H groups in total. The molecule has 6 nitrogen and oxygen atoms in total. The highest BCUT2D eigenvalue weighted by molar-refractivity contribution is 7.99. The lowest BCUT2D eigenvalue weighted by Gasteiger charge is -2.22. The van der Waals surface area contributed by atoms with Crippen molar-refractivity contribution in [3.8, 4) is 0 Å². The number of esters is 2. The van der Waals surface area contributed by atoms with E-state index in [0.717, 1.165) is 95.3 Å². The number of carbonyl (C=O) groups is 2. The van der Waals surface area contributed by atoms with Crippen LogP contribution in [0.25, 0.3) is 0 Å². The molecule has 0 aromatic carbocycles. The third-order valence-electron chi connectivity index (χ3n) is 10.3. The minimum absolute atomic E-state index is 0.0132. The predicted octanol–water partition coefficient (Wildman–Crippen LogP) is 12.9. The number of unbranched alkanes of at least 4 members (excludes halogenated alkanes) is 21. The summed E-state index contributed by atoms with van der Waals surface area (Å²) in [6.07, 6.45) is 35.4. The molecule has 0 aliphatic carbocycles. The number of aliphatic hydroxyl groups excluding tert-OH is 1. The van der Waals surface area contributed by atoms with Crippen molar-refractivity contribution in [3.63, 3.8) is 0 Å². The van der Waals surface area contributed by atoms with Gasteiger partial charge in [-0.3, -0.25) is 9.59 Å². The average molecular weight is 756 g/mol. The van der Waals surface area contributed by atoms with Crippen LogP contribution in [0.1, 0.15) is 220 Å². The number of nitrogens with zero attached hydrogens (tertiary/aromatic N) is 1. The molecule has 1 unspecified atom stereocenters. The van der Waals surface area contributed by atoms with Crippen molar-refractivity contribution >= 4 is 23.7 Å². The molecule has 0 fully saturated rings. The Balaban J connectivity index is 4.10. The van der Waals surface area contributed by atoms with Crippen molar-refractivity contribution in [2.45, 2.75) is 226 Å². The van der Waals surface area contributed by atoms with Crippen LogP contribution in [0.5, 0.6) is 0 Å². The zero-order valence-corrected chi connectivity index (χ0v) is 36.1. The van der Waals surface area contributed by atoms with E-state index >= 15 is 0 Å². The fourth-order valence-electron chi connectivity index (χ4n) is 6.82. The van der Waals surface area contributed by atoms with Crippen molar-refractivity contribution < 1.29 is 24.2 Å². The van der Waals surface area contributed by atoms with Gasteiger partial charge < -0.3 is 19.5 Å². The molecule has 0 amide bonds. The summed E-state index contributed by atoms with van der Waals surface area (Å²) in [5, 5.41) is 9.39. The topological polar surface area (TPSA) is 76.1 Å². The Kier molecular flexibility index (Phi) is 40.7. The molecule has 52 heavy (non-hydrogen) atoms. The van der Waals surface area contributed by atoms with Gasteiger partial charge in [-0.2, -0.15) is 11.8 Å². The summed E-state index contributed by atoms with van der Waals surface area (Å²) in [4.78, 5) is 27.6. The molecule has 0 rings (SSSR count). The normalized spacial score (nSPS) is 12.2. The standard InChI is InChI=1S/C45H89NO5S/c1-5-8-11-14-18-24-32-43(33-25-19-15-12-9-6-2)51-44(48)34-26-20-17-21-27-35-46(37-31-38-47)36-28-23-29-39-50-45(49)42(4)41-52-40-30-22-16-13-10-7-3/h42-43,47H,5-41H2,1-4H3. The molecule has 0 bridgehead atoms. The van der Waals surface area contributed by atoms with Gasteiger partial charge in [0.2, 0.25) is 0 Å². The minimum atomic E-state index is -0.0481. The van der Waals surface area contributed by atoms with E-state index < -0.39 is 0 Å². The van der Waals surface area contributed by atoms with Crippen molar-refractivity contribution in [2.24, 2.45) is 5.92 Å². The van der Waals surface area contributed by atoms with Gasteiger partial charge in [-0.05, 0) is 89.5 Å². The van der Waals surface area contributed by atoms with Crippen molar-refractivity contribution in [2.75, 3.05) is 44.4 Å². The molecule has 0 saturated carbocycles. The second-order valence-electron chi connectivity index (χ2n) is 15.6. The molecule has 0 aliphatic rings. The third kappa shape index (κ3) is 36.2. The first kappa shape index (κ1) is 51.2. The number of hydrogen-bond donors (Lipinski definition) is 1. The van der Waals surface area contributed by atoms with Gasteiger partial charge in [0, 0.05) is 25.3 Å². The SMILES string of the molecule is CCCCCCCCSCC(C)C(=O)OCCCCCN(CCCO)CCCCCCCC(=O)OC(CCCCCCCC)CCCCCCCC. The van der Waals surface area contributed by atoms with Crippen LogP contribution >= 0.6 is 11.8 Å². The van der Waals surface area contributed by atoms with Crippen LogP contribution in [-0.4, -0.2) is 72.4 Å². The van der Waals surface area contributed by atoms with Crippen LogP contribution in [0, 0.1) is 5.92 Å². The first-order valence-electron chi connectivity index (χ1n) is 22.7. The van der Waals surface area contributed by atoms with Crippen molar-refractivity contribution in [1.29, 1.82) is 0 Å². The van der Waals surface area contributed by atoms with Gasteiger partial charge in [-0.1, -0.05) is 143 Å². The van der Waals surface area contributed by atoms with Crippen LogP contribution in [0.3, 0.4) is 0 Å². The summed E-state index contributed by atoms with van der Waals surface area (Å²) in [6, 6.07) is 0. The molecule has 0 heterocycles. The zero-order chi connectivity index (χ0) is 38.2. The Morgan fingerprint density at radius 1 is 0.577 bits per heavy atom. The summed E-state index contributed by atoms with van der Waals surface area (Å²) < 4.78 is 11.6. The van der Waals surface area contributed by atoms with Crippen LogP contribution in [0.2, 0.25) is 0 Å². The number of aliphatic hydroxyl groups is 1. The molecule has 0 radical (unpaired) electrons. The van der Waals surface area contributed by atoms with Crippen molar-refractivity contribution in [1.82, 2.24) is 4.90 Å². The van der Waals surface area contributed by atoms with Gasteiger partial charge in [0.1, 0.15) is 6.10 Å². The summed E-state index contributed by atoms with van der Waals surface area (Å²) in [5.74, 6) is 1.94. The largest absolute Gasteiger partial charge is 0.465 e. The fraction of sp³-hybridized carbons (Fsp3) is 0.956. The van der Waals surface area contributed by atoms with E-state index in [0.29, 0.717) is 13.0 Å². The molecular weight excluding hydrogens is 667 g/mol. The Bertz CT molecular complexity index is 737. The van der Waals surface area contributed by atoms with Gasteiger partial charge in [0.25, 0.3) is 0 Å². The highest BCUT2D eigenvalue weighted by Crippen LogP contribution is 2.19. The molecule has 310 valence electrons. The fourth-order valence-corrected chi connectivity index (χ4v) is 7.88. The molecule has 0 saturated heterocycles. The first-order valence-corrected chi connectivity index (χ1v) is 23.9. The zero-order valence-electron chi connectivity index (χ0n) is 35.3. The van der Waals surface area contributed by atoms with Gasteiger partial charge in [0.15, 0.2) is 0 Å². The molecule has 0 spiro atoms. The summed E-state index contributed by atoms with van der Waals surface area (Å²) in [7, 11) is 0. The third-order valence-corrected chi connectivity index (χ3v) is 11.6. The maximum absolute atomic E-state index is 12.7. The van der Waals surface area contributed by atoms with Gasteiger partial charge in [-0.15, -0.1) is 0 Å². The maximum atomic E-state index is 12.7. The number of ether oxygens (including phenoxy) is 2. The van der Waals surface area contributed by atoms with Crippen LogP contribution in [-0.2, 0) is 19.1 Å². The van der Waals surface area contributed by atoms with E-state index in [-0.39, 0.29) is 30.6 Å². The van der Waals surface area contributed by atoms with E-state index in [1.54, 1.807) is 0 Å². The van der Waals surface area contributed by atoms with E-state index in [1.165, 1.54) is 122 Å². The second-order valence-corrected chi connectivity index (χ2v) is 16.8. The Hall–Kier alpha value is -0.790. The van der Waals surface area contributed by atoms with Gasteiger partial charge in [0.05, 0.1) is 12.5 Å². The van der Waals surface area contributed by atoms with Crippen molar-refractivity contribution in [3.05, 3.63) is 0 Å². The molecule has 1 atom stereocenters. The average Bonchev–Trinajstić information content (AvgIpc) is 3.14. The summed E-state index contributed by atoms with van der Waals surface area (Å²) >= 11 is 1.89. The van der Waals surface area contributed by atoms with E-state index in [2.05, 4.69) is 25.7 Å². The number of carbonyl (C=O) groups excluding carboxylic acids is 2. The Morgan fingerprint density at radius 3 is 1.60 bits per heavy atom. The summed E-state index contributed by atoms with van der Waals surface area (Å²) in [6.45, 7) is 12.5. The lowest BCUT2D eigenvalue weighted by Crippen LogP contribution is -2.28. The van der Waals surface area contributed by atoms with Gasteiger partial charge >= 0.3 is 11.9 Å². The Labute approximate surface area is 328 Å². The molecule has 7 heteroatoms. The molecule has 0 aromatic rings. The van der Waals surface area contributed by atoms with E-state index in [9.17, 15) is 14.7 Å². The molecule has 0 aliphatic heterocycles. The lowest BCUT2D eigenvalue weighted by molar-refractivity contribution is -0.150. The monoisotopic (exact) mass is 756 g/mol. The van der Waals surface area contributed by atoms with E-state index in [4.69, 9.17) is 9.47 Å². The first-order chi connectivity index (χ1) is 25.5. The predicted molar refractivity (Wildman–Crippen MR) is 226 cm³/mol. The van der Waals surface area contributed by atoms with Crippen LogP contribution in [0.4, 0.5) is 0 Å². The van der Waals surface area contributed by atoms with E-state index in [1.807, 2.05) is 18.7 Å². The minimum Gasteiger partial charge on any atom is -0.465 e. The highest BCUT2D eigenvalue weighted by atomic mass is 32.2. The maximum Gasteiger partial charge on any atom is 0.309 e. The molecule has 0 aromatic heterocycles. The Morgan fingerprint density at radius 2 is 1.04 bits per heavy atom. The van der Waals surface area contributed by atoms with Crippen LogP contribution < -0.4 is 0 Å². The number of rotatable bonds is 42. The summed E-state index contributed by atoms with van der Waals surface area (Å²) in [5.41, 5.74) is 0. The molecular formula is C45H89NO5S.